The molecule has 0 aliphatic rings. The monoisotopic (exact) mass is 395 g/mol. The van der Waals surface area contributed by atoms with Crippen molar-refractivity contribution < 1.29 is 14.3 Å². The number of benzene rings is 2. The molecule has 0 atom stereocenters. The summed E-state index contributed by atoms with van der Waals surface area (Å²) in [6.07, 6.45) is 1.96. The van der Waals surface area contributed by atoms with Gasteiger partial charge in [0, 0.05) is 27.1 Å². The number of hydrogen-bond acceptors (Lipinski definition) is 5. The Labute approximate surface area is 160 Å². The van der Waals surface area contributed by atoms with Gasteiger partial charge in [-0.25, -0.2) is 4.79 Å². The largest absolute Gasteiger partial charge is 0.452 e. The molecule has 7 heteroatoms. The zero-order valence-corrected chi connectivity index (χ0v) is 16.0. The summed E-state index contributed by atoms with van der Waals surface area (Å²) >= 11 is 9.03. The first-order valence-electron chi connectivity index (χ1n) is 7.55. The molecule has 0 aliphatic carbocycles. The summed E-state index contributed by atoms with van der Waals surface area (Å²) in [5.74, 6) is -0.0959. The third-order valence-electron chi connectivity index (χ3n) is 3.17. The van der Waals surface area contributed by atoms with Crippen molar-refractivity contribution in [2.45, 2.75) is 9.79 Å². The molecule has 0 heterocycles. The number of nitrogens with one attached hydrogen (secondary N) is 1. The van der Waals surface area contributed by atoms with Crippen molar-refractivity contribution in [2.75, 3.05) is 25.2 Å². The Morgan fingerprint density at radius 3 is 2.32 bits per heavy atom. The van der Waals surface area contributed by atoms with E-state index in [9.17, 15) is 9.59 Å². The lowest BCUT2D eigenvalue weighted by Crippen LogP contribution is -2.30. The summed E-state index contributed by atoms with van der Waals surface area (Å²) in [6, 6.07) is 14.6. The summed E-state index contributed by atoms with van der Waals surface area (Å²) in [5.41, 5.74) is 0.434. The van der Waals surface area contributed by atoms with E-state index in [2.05, 4.69) is 5.32 Å². The quantitative estimate of drug-likeness (QED) is 0.414. The van der Waals surface area contributed by atoms with Gasteiger partial charge < -0.3 is 10.1 Å². The second-order valence-electron chi connectivity index (χ2n) is 4.96. The van der Waals surface area contributed by atoms with Crippen LogP contribution in [-0.2, 0) is 9.53 Å². The molecule has 0 saturated heterocycles. The number of carbonyl (C=O) groups is 2. The van der Waals surface area contributed by atoms with E-state index in [1.807, 2.05) is 42.7 Å². The first kappa shape index (κ1) is 19.7. The highest BCUT2D eigenvalue weighted by Gasteiger charge is 2.09. The highest BCUT2D eigenvalue weighted by molar-refractivity contribution is 7.99. The third kappa shape index (κ3) is 7.02. The highest BCUT2D eigenvalue weighted by Crippen LogP contribution is 2.19. The Kier molecular flexibility index (Phi) is 8.18. The van der Waals surface area contributed by atoms with Gasteiger partial charge in [0.2, 0.25) is 0 Å². The van der Waals surface area contributed by atoms with Gasteiger partial charge in [0.25, 0.3) is 5.91 Å². The van der Waals surface area contributed by atoms with Crippen LogP contribution in [0.1, 0.15) is 10.4 Å². The first-order chi connectivity index (χ1) is 12.1. The fraction of sp³-hybridized carbons (Fsp3) is 0.222. The standard InChI is InChI=1S/C18H18ClNO3S2/c1-24-15-6-2-13(3-7-15)18(22)23-12-17(21)20-10-11-25-16-8-4-14(19)5-9-16/h2-9H,10-12H2,1H3,(H,20,21). The molecule has 0 aromatic heterocycles. The molecule has 1 N–H and O–H groups in total. The molecule has 2 rings (SSSR count). The molecule has 132 valence electrons. The summed E-state index contributed by atoms with van der Waals surface area (Å²) in [5, 5.41) is 3.42. The van der Waals surface area contributed by atoms with Gasteiger partial charge in [0.05, 0.1) is 5.56 Å². The van der Waals surface area contributed by atoms with Crippen molar-refractivity contribution in [2.24, 2.45) is 0 Å². The Morgan fingerprint density at radius 1 is 1.04 bits per heavy atom. The molecule has 4 nitrogen and oxygen atoms in total. The Bertz CT molecular complexity index is 705. The molecule has 0 aliphatic heterocycles. The van der Waals surface area contributed by atoms with Crippen molar-refractivity contribution in [3.05, 3.63) is 59.1 Å². The molecule has 0 bridgehead atoms. The minimum absolute atomic E-state index is 0.283. The van der Waals surface area contributed by atoms with E-state index >= 15 is 0 Å². The maximum atomic E-state index is 11.9. The molecule has 2 aromatic carbocycles. The second-order valence-corrected chi connectivity index (χ2v) is 7.44. The van der Waals surface area contributed by atoms with E-state index in [1.54, 1.807) is 35.7 Å². The van der Waals surface area contributed by atoms with Crippen LogP contribution in [0.15, 0.2) is 58.3 Å². The van der Waals surface area contributed by atoms with Crippen LogP contribution in [-0.4, -0.2) is 37.0 Å². The van der Waals surface area contributed by atoms with Crippen LogP contribution in [0, 0.1) is 0 Å². The van der Waals surface area contributed by atoms with Crippen molar-refractivity contribution >= 4 is 47.0 Å². The summed E-state index contributed by atoms with van der Waals surface area (Å²) in [4.78, 5) is 25.7. The molecule has 0 spiro atoms. The van der Waals surface area contributed by atoms with Gasteiger partial charge in [-0.3, -0.25) is 4.79 Å². The third-order valence-corrected chi connectivity index (χ3v) is 5.18. The van der Waals surface area contributed by atoms with E-state index in [4.69, 9.17) is 16.3 Å². The summed E-state index contributed by atoms with van der Waals surface area (Å²) in [6.45, 7) is 0.209. The number of amides is 1. The van der Waals surface area contributed by atoms with Gasteiger partial charge in [0.15, 0.2) is 6.61 Å². The molecule has 25 heavy (non-hydrogen) atoms. The second kappa shape index (κ2) is 10.4. The number of thioether (sulfide) groups is 2. The van der Waals surface area contributed by atoms with Gasteiger partial charge in [-0.05, 0) is 54.8 Å². The Morgan fingerprint density at radius 2 is 1.68 bits per heavy atom. The van der Waals surface area contributed by atoms with Crippen molar-refractivity contribution in [1.82, 2.24) is 5.32 Å². The number of hydrogen-bond donors (Lipinski definition) is 1. The smallest absolute Gasteiger partial charge is 0.338 e. The van der Waals surface area contributed by atoms with Crippen LogP contribution in [0.3, 0.4) is 0 Å². The van der Waals surface area contributed by atoms with E-state index in [-0.39, 0.29) is 12.5 Å². The average Bonchev–Trinajstić information content (AvgIpc) is 2.64. The number of halogens is 1. The minimum Gasteiger partial charge on any atom is -0.452 e. The zero-order chi connectivity index (χ0) is 18.1. The molecule has 1 amide bonds. The van der Waals surface area contributed by atoms with Gasteiger partial charge in [-0.1, -0.05) is 11.6 Å². The average molecular weight is 396 g/mol. The lowest BCUT2D eigenvalue weighted by atomic mass is 10.2. The normalized spacial score (nSPS) is 10.3. The lowest BCUT2D eigenvalue weighted by molar-refractivity contribution is -0.124. The van der Waals surface area contributed by atoms with Gasteiger partial charge >= 0.3 is 5.97 Å². The van der Waals surface area contributed by atoms with Crippen LogP contribution in [0.4, 0.5) is 0 Å². The van der Waals surface area contributed by atoms with Crippen LogP contribution < -0.4 is 5.32 Å². The predicted octanol–water partition coefficient (Wildman–Crippen LogP) is 4.13. The molecular formula is C18H18ClNO3S2. The van der Waals surface area contributed by atoms with Gasteiger partial charge in [0.1, 0.15) is 0 Å². The van der Waals surface area contributed by atoms with E-state index in [1.165, 1.54) is 0 Å². The Hall–Kier alpha value is -1.63. The number of rotatable bonds is 8. The Balaban J connectivity index is 1.64. The maximum absolute atomic E-state index is 11.9. The van der Waals surface area contributed by atoms with Crippen LogP contribution in [0.2, 0.25) is 5.02 Å². The minimum atomic E-state index is -0.502. The number of esters is 1. The zero-order valence-electron chi connectivity index (χ0n) is 13.7. The van der Waals surface area contributed by atoms with Crippen molar-refractivity contribution in [3.63, 3.8) is 0 Å². The molecule has 0 fully saturated rings. The number of carbonyl (C=O) groups excluding carboxylic acids is 2. The fourth-order valence-corrected chi connectivity index (χ4v) is 3.19. The topological polar surface area (TPSA) is 55.4 Å². The van der Waals surface area contributed by atoms with Gasteiger partial charge in [-0.15, -0.1) is 23.5 Å². The van der Waals surface area contributed by atoms with Crippen LogP contribution in [0.5, 0.6) is 0 Å². The van der Waals surface area contributed by atoms with Crippen LogP contribution in [0.25, 0.3) is 0 Å². The molecule has 0 radical (unpaired) electrons. The summed E-state index contributed by atoms with van der Waals surface area (Å²) in [7, 11) is 0. The van der Waals surface area contributed by atoms with Gasteiger partial charge in [-0.2, -0.15) is 0 Å². The summed E-state index contributed by atoms with van der Waals surface area (Å²) < 4.78 is 5.01. The highest BCUT2D eigenvalue weighted by atomic mass is 35.5. The molecule has 0 unspecified atom stereocenters. The number of ether oxygens (including phenoxy) is 1. The maximum Gasteiger partial charge on any atom is 0.338 e. The predicted molar refractivity (Wildman–Crippen MR) is 104 cm³/mol. The first-order valence-corrected chi connectivity index (χ1v) is 10.1. The molecular weight excluding hydrogens is 378 g/mol. The van der Waals surface area contributed by atoms with E-state index in [0.717, 1.165) is 15.5 Å². The van der Waals surface area contributed by atoms with Crippen molar-refractivity contribution in [1.29, 1.82) is 0 Å². The fourth-order valence-electron chi connectivity index (χ4n) is 1.88. The van der Waals surface area contributed by atoms with E-state index < -0.39 is 5.97 Å². The SMILES string of the molecule is CSc1ccc(C(=O)OCC(=O)NCCSc2ccc(Cl)cc2)cc1. The molecule has 2 aromatic rings. The van der Waals surface area contributed by atoms with Crippen molar-refractivity contribution in [3.8, 4) is 0 Å². The van der Waals surface area contributed by atoms with E-state index in [0.29, 0.717) is 17.1 Å². The lowest BCUT2D eigenvalue weighted by Gasteiger charge is -2.07. The van der Waals surface area contributed by atoms with Crippen LogP contribution >= 0.6 is 35.1 Å². The molecule has 0 saturated carbocycles.